The number of piperazine rings is 1. The Labute approximate surface area is 238 Å². The summed E-state index contributed by atoms with van der Waals surface area (Å²) in [5.41, 5.74) is 5.19. The van der Waals surface area contributed by atoms with E-state index in [2.05, 4.69) is 32.4 Å². The Bertz CT molecular complexity index is 1740. The SMILES string of the molecule is N#Cc1ccc2[nH]cc(CCCCN3CCN(c4ccc5oc(C(=O)NC(=O)c6ccccc6)cc5c4)CC3)c2c1. The van der Waals surface area contributed by atoms with E-state index in [4.69, 9.17) is 4.42 Å². The number of H-pyrrole nitrogens is 1. The summed E-state index contributed by atoms with van der Waals surface area (Å²) in [6.45, 7) is 4.93. The summed E-state index contributed by atoms with van der Waals surface area (Å²) < 4.78 is 5.74. The van der Waals surface area contributed by atoms with Crippen molar-refractivity contribution >= 4 is 39.4 Å². The molecular weight excluding hydrogens is 514 g/mol. The lowest BCUT2D eigenvalue weighted by atomic mass is 10.1. The van der Waals surface area contributed by atoms with Crippen molar-refractivity contribution in [3.63, 3.8) is 0 Å². The number of unbranched alkanes of at least 4 members (excludes halogenated alkanes) is 1. The number of fused-ring (bicyclic) bond motifs is 2. The molecule has 3 aromatic carbocycles. The topological polar surface area (TPSA) is 105 Å². The van der Waals surface area contributed by atoms with Gasteiger partial charge in [0.1, 0.15) is 5.58 Å². The minimum Gasteiger partial charge on any atom is -0.451 e. The zero-order valence-electron chi connectivity index (χ0n) is 22.7. The van der Waals surface area contributed by atoms with E-state index >= 15 is 0 Å². The Hall–Kier alpha value is -4.87. The predicted molar refractivity (Wildman–Crippen MR) is 159 cm³/mol. The molecule has 8 heteroatoms. The second-order valence-electron chi connectivity index (χ2n) is 10.5. The Morgan fingerprint density at radius 2 is 1.76 bits per heavy atom. The number of hydrogen-bond donors (Lipinski definition) is 2. The fourth-order valence-electron chi connectivity index (χ4n) is 5.50. The molecule has 0 atom stereocenters. The Morgan fingerprint density at radius 3 is 2.56 bits per heavy atom. The lowest BCUT2D eigenvalue weighted by Gasteiger charge is -2.36. The quantitative estimate of drug-likeness (QED) is 0.197. The second-order valence-corrected chi connectivity index (χ2v) is 10.5. The third-order valence-corrected chi connectivity index (χ3v) is 7.79. The van der Waals surface area contributed by atoms with Gasteiger partial charge in [-0.1, -0.05) is 18.2 Å². The third kappa shape index (κ3) is 5.86. The molecule has 0 unspecified atom stereocenters. The molecule has 1 aliphatic rings. The average Bonchev–Trinajstić information content (AvgIpc) is 3.63. The maximum atomic E-state index is 12.6. The van der Waals surface area contributed by atoms with Gasteiger partial charge in [-0.2, -0.15) is 5.26 Å². The van der Waals surface area contributed by atoms with Crippen LogP contribution in [0.25, 0.3) is 21.9 Å². The van der Waals surface area contributed by atoms with Crippen molar-refractivity contribution in [2.24, 2.45) is 0 Å². The van der Waals surface area contributed by atoms with Crippen molar-refractivity contribution in [3.8, 4) is 6.07 Å². The van der Waals surface area contributed by atoms with Crippen LogP contribution in [0.5, 0.6) is 0 Å². The van der Waals surface area contributed by atoms with E-state index in [0.717, 1.165) is 74.0 Å². The van der Waals surface area contributed by atoms with Crippen LogP contribution in [-0.2, 0) is 6.42 Å². The van der Waals surface area contributed by atoms with Crippen LogP contribution in [-0.4, -0.2) is 54.4 Å². The lowest BCUT2D eigenvalue weighted by Crippen LogP contribution is -2.46. The standard InChI is InChI=1S/C33H31N5O3/c34-21-23-9-11-29-28(18-23)25(22-35-29)8-4-5-13-37-14-16-38(17-15-37)27-10-12-30-26(19-27)20-31(41-30)33(40)36-32(39)24-6-2-1-3-7-24/h1-3,6-7,9-12,18-20,22,35H,4-5,8,13-17H2,(H,36,39,40). The zero-order chi connectivity index (χ0) is 28.2. The smallest absolute Gasteiger partial charge is 0.293 e. The summed E-state index contributed by atoms with van der Waals surface area (Å²) in [6, 6.07) is 24.3. The predicted octanol–water partition coefficient (Wildman–Crippen LogP) is 5.50. The van der Waals surface area contributed by atoms with Crippen LogP contribution in [0.3, 0.4) is 0 Å². The van der Waals surface area contributed by atoms with Crippen LogP contribution >= 0.6 is 0 Å². The van der Waals surface area contributed by atoms with Gasteiger partial charge in [-0.15, -0.1) is 0 Å². The molecule has 1 saturated heterocycles. The molecule has 0 saturated carbocycles. The summed E-state index contributed by atoms with van der Waals surface area (Å²) in [5.74, 6) is -0.895. The fraction of sp³-hybridized carbons (Fsp3) is 0.242. The maximum Gasteiger partial charge on any atom is 0.293 e. The number of amides is 2. The van der Waals surface area contributed by atoms with Crippen molar-refractivity contribution in [1.29, 1.82) is 5.26 Å². The molecule has 0 spiro atoms. The molecule has 6 rings (SSSR count). The van der Waals surface area contributed by atoms with E-state index in [1.165, 1.54) is 5.56 Å². The number of nitriles is 1. The largest absolute Gasteiger partial charge is 0.451 e. The van der Waals surface area contributed by atoms with Gasteiger partial charge in [-0.25, -0.2) is 0 Å². The molecule has 1 aliphatic heterocycles. The van der Waals surface area contributed by atoms with Gasteiger partial charge in [-0.05, 0) is 86.0 Å². The van der Waals surface area contributed by atoms with Gasteiger partial charge in [0.05, 0.1) is 11.6 Å². The fourth-order valence-corrected chi connectivity index (χ4v) is 5.50. The molecule has 0 bridgehead atoms. The molecule has 8 nitrogen and oxygen atoms in total. The van der Waals surface area contributed by atoms with E-state index < -0.39 is 11.8 Å². The molecule has 2 N–H and O–H groups in total. The monoisotopic (exact) mass is 545 g/mol. The van der Waals surface area contributed by atoms with Gasteiger partial charge in [0.15, 0.2) is 5.76 Å². The highest BCUT2D eigenvalue weighted by Crippen LogP contribution is 2.26. The highest BCUT2D eigenvalue weighted by Gasteiger charge is 2.20. The molecule has 5 aromatic rings. The van der Waals surface area contributed by atoms with Crippen molar-refractivity contribution in [3.05, 3.63) is 101 Å². The minimum absolute atomic E-state index is 0.115. The first-order valence-corrected chi connectivity index (χ1v) is 14.0. The first-order chi connectivity index (χ1) is 20.1. The van der Waals surface area contributed by atoms with E-state index in [1.807, 2.05) is 42.5 Å². The summed E-state index contributed by atoms with van der Waals surface area (Å²) in [5, 5.41) is 13.6. The first kappa shape index (κ1) is 26.4. The van der Waals surface area contributed by atoms with Crippen LogP contribution in [0.1, 0.15) is 44.9 Å². The number of furan rings is 1. The van der Waals surface area contributed by atoms with Gasteiger partial charge < -0.3 is 14.3 Å². The number of hydrogen-bond acceptors (Lipinski definition) is 6. The number of rotatable bonds is 8. The number of benzene rings is 3. The molecule has 3 heterocycles. The van der Waals surface area contributed by atoms with E-state index in [-0.39, 0.29) is 5.76 Å². The number of nitrogens with zero attached hydrogens (tertiary/aromatic N) is 3. The van der Waals surface area contributed by atoms with Gasteiger partial charge in [0, 0.05) is 59.9 Å². The van der Waals surface area contributed by atoms with Crippen molar-refractivity contribution in [1.82, 2.24) is 15.2 Å². The average molecular weight is 546 g/mol. The lowest BCUT2D eigenvalue weighted by molar-refractivity contribution is 0.0833. The number of aromatic nitrogens is 1. The number of aryl methyl sites for hydroxylation is 1. The van der Waals surface area contributed by atoms with Crippen LogP contribution in [0.4, 0.5) is 5.69 Å². The molecule has 2 amide bonds. The van der Waals surface area contributed by atoms with E-state index in [9.17, 15) is 14.9 Å². The minimum atomic E-state index is -0.554. The van der Waals surface area contributed by atoms with Gasteiger partial charge in [-0.3, -0.25) is 19.8 Å². The Kier molecular flexibility index (Phi) is 7.52. The molecule has 206 valence electrons. The summed E-state index contributed by atoms with van der Waals surface area (Å²) in [4.78, 5) is 33.2. The van der Waals surface area contributed by atoms with Crippen molar-refractivity contribution < 1.29 is 14.0 Å². The van der Waals surface area contributed by atoms with E-state index in [1.54, 1.807) is 30.3 Å². The molecular formula is C33H31N5O3. The Balaban J connectivity index is 0.990. The number of imide groups is 1. The number of nitrogens with one attached hydrogen (secondary N) is 2. The summed E-state index contributed by atoms with van der Waals surface area (Å²) in [7, 11) is 0. The molecule has 2 aromatic heterocycles. The Morgan fingerprint density at radius 1 is 0.927 bits per heavy atom. The van der Waals surface area contributed by atoms with Crippen molar-refractivity contribution in [2.75, 3.05) is 37.6 Å². The maximum absolute atomic E-state index is 12.6. The number of anilines is 1. The normalized spacial score (nSPS) is 13.9. The zero-order valence-corrected chi connectivity index (χ0v) is 22.7. The van der Waals surface area contributed by atoms with Crippen LogP contribution in [0.15, 0.2) is 83.4 Å². The molecule has 0 radical (unpaired) electrons. The van der Waals surface area contributed by atoms with Crippen molar-refractivity contribution in [2.45, 2.75) is 19.3 Å². The molecule has 41 heavy (non-hydrogen) atoms. The van der Waals surface area contributed by atoms with Crippen LogP contribution in [0.2, 0.25) is 0 Å². The summed E-state index contributed by atoms with van der Waals surface area (Å²) >= 11 is 0. The van der Waals surface area contributed by atoms with Gasteiger partial charge in [0.2, 0.25) is 0 Å². The first-order valence-electron chi connectivity index (χ1n) is 14.0. The molecule has 0 aliphatic carbocycles. The third-order valence-electron chi connectivity index (χ3n) is 7.79. The van der Waals surface area contributed by atoms with Gasteiger partial charge >= 0.3 is 0 Å². The number of carbonyl (C=O) groups excluding carboxylic acids is 2. The highest BCUT2D eigenvalue weighted by molar-refractivity contribution is 6.10. The number of aromatic amines is 1. The van der Waals surface area contributed by atoms with E-state index in [0.29, 0.717) is 16.7 Å². The second kappa shape index (κ2) is 11.7. The summed E-state index contributed by atoms with van der Waals surface area (Å²) in [6.07, 6.45) is 5.30. The number of carbonyl (C=O) groups is 2. The molecule has 1 fully saturated rings. The van der Waals surface area contributed by atoms with Crippen LogP contribution in [0, 0.1) is 11.3 Å². The highest BCUT2D eigenvalue weighted by atomic mass is 16.3. The van der Waals surface area contributed by atoms with Gasteiger partial charge in [0.25, 0.3) is 11.8 Å². The van der Waals surface area contributed by atoms with Crippen LogP contribution < -0.4 is 10.2 Å².